The number of aryl methyl sites for hydroxylation is 1. The van der Waals surface area contributed by atoms with Crippen molar-refractivity contribution in [2.24, 2.45) is 0 Å². The van der Waals surface area contributed by atoms with Crippen molar-refractivity contribution in [1.29, 1.82) is 0 Å². The van der Waals surface area contributed by atoms with Crippen molar-refractivity contribution in [1.82, 2.24) is 0 Å². The van der Waals surface area contributed by atoms with Gasteiger partial charge >= 0.3 is 0 Å². The number of rotatable bonds is 2. The van der Waals surface area contributed by atoms with Crippen molar-refractivity contribution in [3.05, 3.63) is 63.1 Å². The van der Waals surface area contributed by atoms with Crippen molar-refractivity contribution in [2.75, 3.05) is 6.61 Å². The average molecular weight is 353 g/mol. The Morgan fingerprint density at radius 2 is 1.86 bits per heavy atom. The number of hydrogen-bond donors (Lipinski definition) is 0. The second kappa shape index (κ2) is 5.56. The molecule has 0 bridgehead atoms. The van der Waals surface area contributed by atoms with Crippen LogP contribution in [0.5, 0.6) is 5.75 Å². The molecule has 0 saturated heterocycles. The van der Waals surface area contributed by atoms with E-state index in [9.17, 15) is 13.6 Å². The van der Waals surface area contributed by atoms with E-state index in [4.69, 9.17) is 4.74 Å². The lowest BCUT2D eigenvalue weighted by Crippen LogP contribution is -2.12. The highest BCUT2D eigenvalue weighted by Crippen LogP contribution is 2.28. The molecule has 1 aliphatic heterocycles. The molecular formula is C16H11BrF2O2. The molecule has 5 heteroatoms. The predicted octanol–water partition coefficient (Wildman–Crippen LogP) is 4.28. The second-order valence-electron chi connectivity index (χ2n) is 4.85. The first-order valence-corrected chi connectivity index (χ1v) is 7.30. The molecule has 0 aliphatic carbocycles. The first kappa shape index (κ1) is 14.2. The van der Waals surface area contributed by atoms with E-state index in [2.05, 4.69) is 15.9 Å². The van der Waals surface area contributed by atoms with E-state index in [1.54, 1.807) is 12.1 Å². The van der Waals surface area contributed by atoms with Gasteiger partial charge in [0.1, 0.15) is 17.4 Å². The Balaban J connectivity index is 2.03. The van der Waals surface area contributed by atoms with E-state index in [0.717, 1.165) is 36.3 Å². The molecule has 1 aliphatic rings. The number of ketones is 1. The Hall–Kier alpha value is -1.75. The lowest BCUT2D eigenvalue weighted by molar-refractivity contribution is 0.103. The fourth-order valence-corrected chi connectivity index (χ4v) is 2.81. The lowest BCUT2D eigenvalue weighted by Gasteiger charge is -2.17. The maximum Gasteiger partial charge on any atom is 0.198 e. The quantitative estimate of drug-likeness (QED) is 0.754. The van der Waals surface area contributed by atoms with Crippen LogP contribution in [0.25, 0.3) is 0 Å². The molecule has 0 atom stereocenters. The predicted molar refractivity (Wildman–Crippen MR) is 77.7 cm³/mol. The zero-order valence-electron chi connectivity index (χ0n) is 11.0. The maximum atomic E-state index is 13.9. The van der Waals surface area contributed by atoms with Crippen LogP contribution in [-0.4, -0.2) is 12.4 Å². The van der Waals surface area contributed by atoms with Crippen molar-refractivity contribution in [2.45, 2.75) is 12.8 Å². The van der Waals surface area contributed by atoms with Crippen LogP contribution < -0.4 is 4.74 Å². The molecule has 2 aromatic rings. The molecule has 21 heavy (non-hydrogen) atoms. The van der Waals surface area contributed by atoms with Crippen molar-refractivity contribution in [3.63, 3.8) is 0 Å². The molecule has 108 valence electrons. The average Bonchev–Trinajstić information content (AvgIpc) is 2.45. The van der Waals surface area contributed by atoms with Gasteiger partial charge in [-0.1, -0.05) is 15.9 Å². The number of hydrogen-bond acceptors (Lipinski definition) is 2. The van der Waals surface area contributed by atoms with Crippen LogP contribution in [0.15, 0.2) is 34.8 Å². The summed E-state index contributed by atoms with van der Waals surface area (Å²) >= 11 is 2.99. The summed E-state index contributed by atoms with van der Waals surface area (Å²) in [5.74, 6) is -1.68. The van der Waals surface area contributed by atoms with Gasteiger partial charge in [-0.15, -0.1) is 0 Å². The SMILES string of the molecule is O=C(c1ccc2c(c1)CCCO2)c1c(F)cc(Br)cc1F. The van der Waals surface area contributed by atoms with Crippen LogP contribution >= 0.6 is 15.9 Å². The Kier molecular flexibility index (Phi) is 3.76. The van der Waals surface area contributed by atoms with Crippen LogP contribution in [0.4, 0.5) is 8.78 Å². The summed E-state index contributed by atoms with van der Waals surface area (Å²) in [6.45, 7) is 0.649. The topological polar surface area (TPSA) is 26.3 Å². The van der Waals surface area contributed by atoms with Gasteiger partial charge in [0.25, 0.3) is 0 Å². The monoisotopic (exact) mass is 352 g/mol. The van der Waals surface area contributed by atoms with E-state index in [0.29, 0.717) is 6.61 Å². The third kappa shape index (κ3) is 2.70. The molecule has 0 aromatic heterocycles. The molecule has 0 fully saturated rings. The number of carbonyl (C=O) groups excluding carboxylic acids is 1. The molecule has 2 nitrogen and oxygen atoms in total. The van der Waals surface area contributed by atoms with Crippen molar-refractivity contribution in [3.8, 4) is 5.75 Å². The third-order valence-electron chi connectivity index (χ3n) is 3.40. The van der Waals surface area contributed by atoms with Crippen molar-refractivity contribution < 1.29 is 18.3 Å². The molecule has 0 spiro atoms. The van der Waals surface area contributed by atoms with E-state index in [1.807, 2.05) is 0 Å². The lowest BCUT2D eigenvalue weighted by atomic mass is 9.97. The van der Waals surface area contributed by atoms with E-state index < -0.39 is 23.0 Å². The molecule has 3 rings (SSSR count). The van der Waals surface area contributed by atoms with Crippen LogP contribution in [0.1, 0.15) is 27.9 Å². The van der Waals surface area contributed by atoms with Gasteiger partial charge in [-0.05, 0) is 48.7 Å². The fraction of sp³-hybridized carbons (Fsp3) is 0.188. The van der Waals surface area contributed by atoms with Gasteiger partial charge in [0.15, 0.2) is 5.78 Å². The first-order chi connectivity index (χ1) is 10.1. The molecule has 2 aromatic carbocycles. The normalized spacial score (nSPS) is 13.5. The Labute approximate surface area is 128 Å². The Bertz CT molecular complexity index is 705. The zero-order chi connectivity index (χ0) is 15.0. The minimum absolute atomic E-state index is 0.257. The highest BCUT2D eigenvalue weighted by Gasteiger charge is 2.21. The van der Waals surface area contributed by atoms with Gasteiger partial charge < -0.3 is 4.74 Å². The van der Waals surface area contributed by atoms with Gasteiger partial charge in [0.2, 0.25) is 0 Å². The summed E-state index contributed by atoms with van der Waals surface area (Å²) in [5, 5.41) is 0. The van der Waals surface area contributed by atoms with Crippen LogP contribution in [-0.2, 0) is 6.42 Å². The van der Waals surface area contributed by atoms with Crippen LogP contribution in [0.2, 0.25) is 0 Å². The highest BCUT2D eigenvalue weighted by atomic mass is 79.9. The number of benzene rings is 2. The number of carbonyl (C=O) groups is 1. The minimum Gasteiger partial charge on any atom is -0.493 e. The third-order valence-corrected chi connectivity index (χ3v) is 3.86. The van der Waals surface area contributed by atoms with Gasteiger partial charge in [0, 0.05) is 10.0 Å². The number of fused-ring (bicyclic) bond motifs is 1. The molecule has 0 saturated carbocycles. The highest BCUT2D eigenvalue weighted by molar-refractivity contribution is 9.10. The zero-order valence-corrected chi connectivity index (χ0v) is 12.5. The fourth-order valence-electron chi connectivity index (χ4n) is 2.41. The van der Waals surface area contributed by atoms with Gasteiger partial charge in [-0.2, -0.15) is 0 Å². The molecule has 0 amide bonds. The van der Waals surface area contributed by atoms with Crippen LogP contribution in [0.3, 0.4) is 0 Å². The van der Waals surface area contributed by atoms with E-state index in [1.165, 1.54) is 6.07 Å². The van der Waals surface area contributed by atoms with Crippen LogP contribution in [0, 0.1) is 11.6 Å². The Morgan fingerprint density at radius 1 is 1.14 bits per heavy atom. The molecule has 0 unspecified atom stereocenters. The molecule has 0 N–H and O–H groups in total. The molecular weight excluding hydrogens is 342 g/mol. The van der Waals surface area contributed by atoms with E-state index >= 15 is 0 Å². The minimum atomic E-state index is -0.874. The summed E-state index contributed by atoms with van der Waals surface area (Å²) in [7, 11) is 0. The summed E-state index contributed by atoms with van der Waals surface area (Å²) < 4.78 is 33.5. The van der Waals surface area contributed by atoms with E-state index in [-0.39, 0.29) is 10.0 Å². The summed E-state index contributed by atoms with van der Waals surface area (Å²) in [5.41, 5.74) is 0.624. The maximum absolute atomic E-state index is 13.9. The number of ether oxygens (including phenoxy) is 1. The number of halogens is 3. The van der Waals surface area contributed by atoms with Gasteiger partial charge in [0.05, 0.1) is 12.2 Å². The molecule has 0 radical (unpaired) electrons. The second-order valence-corrected chi connectivity index (χ2v) is 5.76. The summed E-state index contributed by atoms with van der Waals surface area (Å²) in [6, 6.07) is 7.03. The van der Waals surface area contributed by atoms with Gasteiger partial charge in [-0.25, -0.2) is 8.78 Å². The first-order valence-electron chi connectivity index (χ1n) is 6.51. The summed E-state index contributed by atoms with van der Waals surface area (Å²) in [6.07, 6.45) is 1.66. The smallest absolute Gasteiger partial charge is 0.198 e. The summed E-state index contributed by atoms with van der Waals surface area (Å²) in [4.78, 5) is 12.3. The standard InChI is InChI=1S/C16H11BrF2O2/c17-11-7-12(18)15(13(19)8-11)16(20)10-3-4-14-9(6-10)2-1-5-21-14/h3-4,6-8H,1-2,5H2. The van der Waals surface area contributed by atoms with Crippen molar-refractivity contribution >= 4 is 21.7 Å². The molecule has 1 heterocycles. The largest absolute Gasteiger partial charge is 0.493 e. The van der Waals surface area contributed by atoms with Gasteiger partial charge in [-0.3, -0.25) is 4.79 Å². The Morgan fingerprint density at radius 3 is 2.57 bits per heavy atom.